The molecule has 1 heterocycles. The molecule has 1 fully saturated rings. The van der Waals surface area contributed by atoms with Crippen molar-refractivity contribution in [3.05, 3.63) is 23.7 Å². The van der Waals surface area contributed by atoms with Gasteiger partial charge in [-0.25, -0.2) is 4.39 Å². The highest BCUT2D eigenvalue weighted by molar-refractivity contribution is 5.26. The van der Waals surface area contributed by atoms with Crippen LogP contribution in [0.1, 0.15) is 6.92 Å². The van der Waals surface area contributed by atoms with Crippen molar-refractivity contribution in [1.82, 2.24) is 0 Å². The van der Waals surface area contributed by atoms with Gasteiger partial charge in [0.2, 0.25) is 0 Å². The SMILES string of the molecule is CC1C=CC(F)=C2OCOC21. The smallest absolute Gasteiger partial charge is 0.189 e. The first-order valence-electron chi connectivity index (χ1n) is 3.61. The number of rotatable bonds is 0. The van der Waals surface area contributed by atoms with Gasteiger partial charge in [-0.15, -0.1) is 0 Å². The maximum atomic E-state index is 12.9. The van der Waals surface area contributed by atoms with Crippen molar-refractivity contribution in [3.63, 3.8) is 0 Å². The van der Waals surface area contributed by atoms with E-state index in [0.29, 0.717) is 5.76 Å². The molecule has 1 aliphatic carbocycles. The number of ether oxygens (including phenoxy) is 2. The fraction of sp³-hybridized carbons (Fsp3) is 0.500. The highest BCUT2D eigenvalue weighted by Gasteiger charge is 2.33. The minimum absolute atomic E-state index is 0.180. The largest absolute Gasteiger partial charge is 0.466 e. The number of allylic oxidation sites excluding steroid dienone is 2. The van der Waals surface area contributed by atoms with Gasteiger partial charge in [-0.3, -0.25) is 0 Å². The molecule has 0 N–H and O–H groups in total. The summed E-state index contributed by atoms with van der Waals surface area (Å²) in [6, 6.07) is 0. The summed E-state index contributed by atoms with van der Waals surface area (Å²) in [4.78, 5) is 0. The molecule has 0 aromatic rings. The zero-order chi connectivity index (χ0) is 7.84. The fourth-order valence-corrected chi connectivity index (χ4v) is 1.34. The van der Waals surface area contributed by atoms with Gasteiger partial charge in [0, 0.05) is 5.92 Å². The summed E-state index contributed by atoms with van der Waals surface area (Å²) in [7, 11) is 0. The van der Waals surface area contributed by atoms with Crippen LogP contribution in [-0.2, 0) is 9.47 Å². The number of hydrogen-bond donors (Lipinski definition) is 0. The molecule has 0 radical (unpaired) electrons. The lowest BCUT2D eigenvalue weighted by Crippen LogP contribution is -2.19. The highest BCUT2D eigenvalue weighted by atomic mass is 19.1. The molecule has 2 aliphatic rings. The van der Waals surface area contributed by atoms with Gasteiger partial charge < -0.3 is 9.47 Å². The lowest BCUT2D eigenvalue weighted by Gasteiger charge is -2.17. The molecular formula is C8H9FO2. The van der Waals surface area contributed by atoms with Gasteiger partial charge in [-0.2, -0.15) is 0 Å². The summed E-state index contributed by atoms with van der Waals surface area (Å²) in [5.41, 5.74) is 0. The molecule has 2 atom stereocenters. The van der Waals surface area contributed by atoms with Gasteiger partial charge in [0.05, 0.1) is 0 Å². The zero-order valence-electron chi connectivity index (χ0n) is 6.21. The highest BCUT2D eigenvalue weighted by Crippen LogP contribution is 2.32. The second kappa shape index (κ2) is 2.34. The summed E-state index contributed by atoms with van der Waals surface area (Å²) in [6.45, 7) is 2.15. The molecule has 2 rings (SSSR count). The van der Waals surface area contributed by atoms with E-state index in [1.807, 2.05) is 6.92 Å². The van der Waals surface area contributed by atoms with E-state index in [4.69, 9.17) is 9.47 Å². The van der Waals surface area contributed by atoms with Gasteiger partial charge in [0.15, 0.2) is 18.4 Å². The number of hydrogen-bond acceptors (Lipinski definition) is 2. The molecule has 0 amide bonds. The lowest BCUT2D eigenvalue weighted by molar-refractivity contribution is 0.0386. The Morgan fingerprint density at radius 3 is 3.18 bits per heavy atom. The van der Waals surface area contributed by atoms with Crippen LogP contribution in [0.3, 0.4) is 0 Å². The molecule has 0 saturated carbocycles. The lowest BCUT2D eigenvalue weighted by atomic mass is 9.98. The van der Waals surface area contributed by atoms with E-state index in [1.54, 1.807) is 6.08 Å². The Morgan fingerprint density at radius 1 is 1.64 bits per heavy atom. The molecule has 60 valence electrons. The average Bonchev–Trinajstić information content (AvgIpc) is 2.45. The molecule has 3 heteroatoms. The third-order valence-corrected chi connectivity index (χ3v) is 1.98. The Morgan fingerprint density at radius 2 is 2.45 bits per heavy atom. The van der Waals surface area contributed by atoms with Gasteiger partial charge in [0.1, 0.15) is 6.10 Å². The first-order valence-corrected chi connectivity index (χ1v) is 3.61. The Balaban J connectivity index is 2.34. The number of fused-ring (bicyclic) bond motifs is 1. The Kier molecular flexibility index (Phi) is 1.46. The zero-order valence-corrected chi connectivity index (χ0v) is 6.21. The minimum Gasteiger partial charge on any atom is -0.466 e. The van der Waals surface area contributed by atoms with E-state index < -0.39 is 0 Å². The van der Waals surface area contributed by atoms with Crippen molar-refractivity contribution in [1.29, 1.82) is 0 Å². The molecule has 0 spiro atoms. The fourth-order valence-electron chi connectivity index (χ4n) is 1.34. The van der Waals surface area contributed by atoms with E-state index in [9.17, 15) is 4.39 Å². The van der Waals surface area contributed by atoms with Crippen LogP contribution in [0.5, 0.6) is 0 Å². The van der Waals surface area contributed by atoms with Crippen LogP contribution < -0.4 is 0 Å². The second-order valence-electron chi connectivity index (χ2n) is 2.78. The second-order valence-corrected chi connectivity index (χ2v) is 2.78. The van der Waals surface area contributed by atoms with E-state index in [2.05, 4.69) is 0 Å². The van der Waals surface area contributed by atoms with Crippen LogP contribution >= 0.6 is 0 Å². The van der Waals surface area contributed by atoms with Crippen molar-refractivity contribution in [3.8, 4) is 0 Å². The third kappa shape index (κ3) is 0.959. The quantitative estimate of drug-likeness (QED) is 0.532. The number of halogens is 1. The van der Waals surface area contributed by atoms with Crippen LogP contribution in [0, 0.1) is 5.92 Å². The van der Waals surface area contributed by atoms with Gasteiger partial charge >= 0.3 is 0 Å². The maximum Gasteiger partial charge on any atom is 0.189 e. The summed E-state index contributed by atoms with van der Waals surface area (Å²) >= 11 is 0. The van der Waals surface area contributed by atoms with Crippen molar-refractivity contribution in [2.75, 3.05) is 6.79 Å². The monoisotopic (exact) mass is 156 g/mol. The van der Waals surface area contributed by atoms with E-state index in [-0.39, 0.29) is 24.6 Å². The van der Waals surface area contributed by atoms with Crippen LogP contribution in [0.15, 0.2) is 23.7 Å². The molecule has 0 bridgehead atoms. The molecule has 1 aliphatic heterocycles. The summed E-state index contributed by atoms with van der Waals surface area (Å²) in [5.74, 6) is 0.276. The molecule has 0 aromatic carbocycles. The molecule has 2 nitrogen and oxygen atoms in total. The van der Waals surface area contributed by atoms with Gasteiger partial charge in [-0.1, -0.05) is 13.0 Å². The first kappa shape index (κ1) is 6.85. The minimum atomic E-state index is -0.300. The van der Waals surface area contributed by atoms with Crippen LogP contribution in [0.2, 0.25) is 0 Å². The van der Waals surface area contributed by atoms with Crippen molar-refractivity contribution in [2.45, 2.75) is 13.0 Å². The van der Waals surface area contributed by atoms with Gasteiger partial charge in [-0.05, 0) is 6.08 Å². The summed E-state index contributed by atoms with van der Waals surface area (Å²) in [6.07, 6.45) is 3.03. The summed E-state index contributed by atoms with van der Waals surface area (Å²) in [5, 5.41) is 0. The summed E-state index contributed by atoms with van der Waals surface area (Å²) < 4.78 is 23.0. The standard InChI is InChI=1S/C8H9FO2/c1-5-2-3-6(9)8-7(5)10-4-11-8/h2-3,5,7H,4H2,1H3. The van der Waals surface area contributed by atoms with E-state index >= 15 is 0 Å². The van der Waals surface area contributed by atoms with E-state index in [0.717, 1.165) is 0 Å². The Hall–Kier alpha value is -0.830. The molecule has 0 aromatic heterocycles. The predicted molar refractivity (Wildman–Crippen MR) is 37.3 cm³/mol. The normalized spacial score (nSPS) is 35.5. The maximum absolute atomic E-state index is 12.9. The Bertz CT molecular complexity index is 232. The molecule has 1 saturated heterocycles. The van der Waals surface area contributed by atoms with Crippen molar-refractivity contribution in [2.24, 2.45) is 5.92 Å². The Labute approximate surface area is 64.3 Å². The van der Waals surface area contributed by atoms with Gasteiger partial charge in [0.25, 0.3) is 0 Å². The molecule has 2 unspecified atom stereocenters. The third-order valence-electron chi connectivity index (χ3n) is 1.98. The predicted octanol–water partition coefficient (Wildman–Crippen LogP) is 1.75. The first-order chi connectivity index (χ1) is 5.29. The topological polar surface area (TPSA) is 18.5 Å². The van der Waals surface area contributed by atoms with Crippen LogP contribution in [0.4, 0.5) is 4.39 Å². The van der Waals surface area contributed by atoms with Crippen molar-refractivity contribution >= 4 is 0 Å². The van der Waals surface area contributed by atoms with Crippen LogP contribution in [0.25, 0.3) is 0 Å². The van der Waals surface area contributed by atoms with Crippen molar-refractivity contribution < 1.29 is 13.9 Å². The van der Waals surface area contributed by atoms with Crippen LogP contribution in [-0.4, -0.2) is 12.9 Å². The average molecular weight is 156 g/mol. The molecular weight excluding hydrogens is 147 g/mol. The van der Waals surface area contributed by atoms with E-state index in [1.165, 1.54) is 6.08 Å². The molecule has 11 heavy (non-hydrogen) atoms.